The maximum absolute atomic E-state index is 12.9. The lowest BCUT2D eigenvalue weighted by atomic mass is 10.2. The fourth-order valence-electron chi connectivity index (χ4n) is 3.01. The van der Waals surface area contributed by atoms with Gasteiger partial charge in [0, 0.05) is 45.0 Å². The lowest BCUT2D eigenvalue weighted by Gasteiger charge is -2.34. The molecule has 0 atom stereocenters. The van der Waals surface area contributed by atoms with Gasteiger partial charge in [0.1, 0.15) is 11.6 Å². The fourth-order valence-corrected chi connectivity index (χ4v) is 3.01. The number of piperazine rings is 1. The van der Waals surface area contributed by atoms with Crippen molar-refractivity contribution in [3.63, 3.8) is 0 Å². The molecule has 7 nitrogen and oxygen atoms in total. The van der Waals surface area contributed by atoms with Crippen LogP contribution in [0, 0.1) is 0 Å². The van der Waals surface area contributed by atoms with Gasteiger partial charge in [-0.05, 0) is 43.3 Å². The van der Waals surface area contributed by atoms with Crippen molar-refractivity contribution in [3.05, 3.63) is 48.2 Å². The molecule has 2 amide bonds. The van der Waals surface area contributed by atoms with E-state index in [1.807, 2.05) is 31.2 Å². The lowest BCUT2D eigenvalue weighted by molar-refractivity contribution is -0.130. The van der Waals surface area contributed by atoms with E-state index < -0.39 is 0 Å². The van der Waals surface area contributed by atoms with Gasteiger partial charge in [-0.2, -0.15) is 0 Å². The maximum Gasteiger partial charge on any atom is 0.257 e. The van der Waals surface area contributed by atoms with Crippen LogP contribution in [0.15, 0.2) is 42.6 Å². The number of nitrogens with one attached hydrogen (secondary N) is 1. The lowest BCUT2D eigenvalue weighted by Crippen LogP contribution is -2.50. The summed E-state index contributed by atoms with van der Waals surface area (Å²) in [4.78, 5) is 32.3. The van der Waals surface area contributed by atoms with Crippen LogP contribution in [0.5, 0.6) is 5.75 Å². The predicted octanol–water partition coefficient (Wildman–Crippen LogP) is 2.53. The van der Waals surface area contributed by atoms with Crippen LogP contribution in [0.4, 0.5) is 11.5 Å². The first-order valence-corrected chi connectivity index (χ1v) is 9.08. The molecule has 1 aromatic carbocycles. The first-order chi connectivity index (χ1) is 13.1. The zero-order valence-electron chi connectivity index (χ0n) is 15.6. The molecule has 1 fully saturated rings. The summed E-state index contributed by atoms with van der Waals surface area (Å²) in [6.07, 6.45) is 1.65. The standard InChI is InChI=1S/C20H24N4O3/c1-3-27-17-8-6-16(7-9-17)22-19-18(5-4-10-21-19)20(26)24-13-11-23(12-14-24)15(2)25/h4-10H,3,11-14H2,1-2H3,(H,21,22). The highest BCUT2D eigenvalue weighted by molar-refractivity contribution is 5.99. The summed E-state index contributed by atoms with van der Waals surface area (Å²) in [7, 11) is 0. The highest BCUT2D eigenvalue weighted by Crippen LogP contribution is 2.22. The molecule has 1 saturated heterocycles. The van der Waals surface area contributed by atoms with Gasteiger partial charge in [0.05, 0.1) is 12.2 Å². The van der Waals surface area contributed by atoms with Crippen LogP contribution in [0.25, 0.3) is 0 Å². The number of benzene rings is 1. The fraction of sp³-hybridized carbons (Fsp3) is 0.350. The summed E-state index contributed by atoms with van der Waals surface area (Å²) in [5.74, 6) is 1.27. The second kappa shape index (κ2) is 8.53. The van der Waals surface area contributed by atoms with Crippen LogP contribution in [-0.4, -0.2) is 59.4 Å². The van der Waals surface area contributed by atoms with Gasteiger partial charge in [0.25, 0.3) is 5.91 Å². The third kappa shape index (κ3) is 4.55. The Morgan fingerprint density at radius 2 is 1.74 bits per heavy atom. The quantitative estimate of drug-likeness (QED) is 0.878. The summed E-state index contributed by atoms with van der Waals surface area (Å²) in [5, 5.41) is 3.21. The van der Waals surface area contributed by atoms with Crippen molar-refractivity contribution >= 4 is 23.3 Å². The van der Waals surface area contributed by atoms with E-state index in [1.54, 1.807) is 35.1 Å². The molecule has 0 bridgehead atoms. The molecule has 0 unspecified atom stereocenters. The Morgan fingerprint density at radius 1 is 1.07 bits per heavy atom. The van der Waals surface area contributed by atoms with Crippen molar-refractivity contribution in [2.75, 3.05) is 38.1 Å². The molecule has 1 aliphatic heterocycles. The molecule has 3 rings (SSSR count). The van der Waals surface area contributed by atoms with Crippen molar-refractivity contribution in [1.29, 1.82) is 0 Å². The van der Waals surface area contributed by atoms with E-state index in [-0.39, 0.29) is 11.8 Å². The molecule has 27 heavy (non-hydrogen) atoms. The Labute approximate surface area is 158 Å². The number of rotatable bonds is 5. The van der Waals surface area contributed by atoms with Gasteiger partial charge < -0.3 is 19.9 Å². The molecule has 1 aliphatic rings. The predicted molar refractivity (Wildman–Crippen MR) is 103 cm³/mol. The normalized spacial score (nSPS) is 14.0. The van der Waals surface area contributed by atoms with E-state index in [2.05, 4.69) is 10.3 Å². The number of anilines is 2. The van der Waals surface area contributed by atoms with E-state index in [0.29, 0.717) is 44.2 Å². The van der Waals surface area contributed by atoms with Gasteiger partial charge in [0.2, 0.25) is 5.91 Å². The topological polar surface area (TPSA) is 74.8 Å². The van der Waals surface area contributed by atoms with Crippen LogP contribution in [0.1, 0.15) is 24.2 Å². The van der Waals surface area contributed by atoms with Gasteiger partial charge in [-0.1, -0.05) is 0 Å². The maximum atomic E-state index is 12.9. The van der Waals surface area contributed by atoms with Crippen molar-refractivity contribution in [2.24, 2.45) is 0 Å². The first kappa shape index (κ1) is 18.7. The summed E-state index contributed by atoms with van der Waals surface area (Å²) in [5.41, 5.74) is 1.34. The molecule has 0 saturated carbocycles. The number of amides is 2. The summed E-state index contributed by atoms with van der Waals surface area (Å²) in [6, 6.07) is 11.0. The van der Waals surface area contributed by atoms with E-state index in [4.69, 9.17) is 4.74 Å². The number of hydrogen-bond donors (Lipinski definition) is 1. The zero-order chi connectivity index (χ0) is 19.2. The number of hydrogen-bond acceptors (Lipinski definition) is 5. The van der Waals surface area contributed by atoms with Gasteiger partial charge in [-0.15, -0.1) is 0 Å². The number of pyridine rings is 1. The molecule has 0 spiro atoms. The minimum absolute atomic E-state index is 0.0429. The highest BCUT2D eigenvalue weighted by atomic mass is 16.5. The second-order valence-electron chi connectivity index (χ2n) is 6.28. The highest BCUT2D eigenvalue weighted by Gasteiger charge is 2.25. The Balaban J connectivity index is 1.72. The Morgan fingerprint density at radius 3 is 2.37 bits per heavy atom. The van der Waals surface area contributed by atoms with Crippen LogP contribution >= 0.6 is 0 Å². The molecule has 2 aromatic rings. The van der Waals surface area contributed by atoms with Crippen molar-refractivity contribution < 1.29 is 14.3 Å². The van der Waals surface area contributed by atoms with Gasteiger partial charge in [-0.25, -0.2) is 4.98 Å². The van der Waals surface area contributed by atoms with E-state index in [1.165, 1.54) is 0 Å². The number of carbonyl (C=O) groups excluding carboxylic acids is 2. The molecule has 1 aromatic heterocycles. The monoisotopic (exact) mass is 368 g/mol. The Bertz CT molecular complexity index is 799. The van der Waals surface area contributed by atoms with Crippen molar-refractivity contribution in [2.45, 2.75) is 13.8 Å². The molecule has 0 aliphatic carbocycles. The Kier molecular flexibility index (Phi) is 5.90. The summed E-state index contributed by atoms with van der Waals surface area (Å²) >= 11 is 0. The van der Waals surface area contributed by atoms with Crippen molar-refractivity contribution in [3.8, 4) is 5.75 Å². The van der Waals surface area contributed by atoms with Crippen LogP contribution in [0.2, 0.25) is 0 Å². The summed E-state index contributed by atoms with van der Waals surface area (Å²) < 4.78 is 5.45. The molecule has 7 heteroatoms. The zero-order valence-corrected chi connectivity index (χ0v) is 15.6. The van der Waals surface area contributed by atoms with Crippen molar-refractivity contribution in [1.82, 2.24) is 14.8 Å². The molecular formula is C20H24N4O3. The molecule has 2 heterocycles. The average molecular weight is 368 g/mol. The third-order valence-corrected chi connectivity index (χ3v) is 4.48. The largest absolute Gasteiger partial charge is 0.494 e. The number of aromatic nitrogens is 1. The average Bonchev–Trinajstić information content (AvgIpc) is 2.70. The Hall–Kier alpha value is -3.09. The van der Waals surface area contributed by atoms with Crippen LogP contribution < -0.4 is 10.1 Å². The molecule has 1 N–H and O–H groups in total. The smallest absolute Gasteiger partial charge is 0.257 e. The van der Waals surface area contributed by atoms with E-state index in [9.17, 15) is 9.59 Å². The molecule has 0 radical (unpaired) electrons. The number of carbonyl (C=O) groups is 2. The number of ether oxygens (including phenoxy) is 1. The molecular weight excluding hydrogens is 344 g/mol. The van der Waals surface area contributed by atoms with E-state index >= 15 is 0 Å². The number of nitrogens with zero attached hydrogens (tertiary/aromatic N) is 3. The van der Waals surface area contributed by atoms with Gasteiger partial charge >= 0.3 is 0 Å². The third-order valence-electron chi connectivity index (χ3n) is 4.48. The van der Waals surface area contributed by atoms with Crippen LogP contribution in [-0.2, 0) is 4.79 Å². The van der Waals surface area contributed by atoms with E-state index in [0.717, 1.165) is 11.4 Å². The van der Waals surface area contributed by atoms with Gasteiger partial charge in [-0.3, -0.25) is 9.59 Å². The minimum Gasteiger partial charge on any atom is -0.494 e. The SMILES string of the molecule is CCOc1ccc(Nc2ncccc2C(=O)N2CCN(C(C)=O)CC2)cc1. The molecule has 142 valence electrons. The minimum atomic E-state index is -0.0836. The second-order valence-corrected chi connectivity index (χ2v) is 6.28. The van der Waals surface area contributed by atoms with Gasteiger partial charge in [0.15, 0.2) is 0 Å². The van der Waals surface area contributed by atoms with Crippen LogP contribution in [0.3, 0.4) is 0 Å². The summed E-state index contributed by atoms with van der Waals surface area (Å²) in [6.45, 7) is 6.27. The first-order valence-electron chi connectivity index (χ1n) is 9.08.